The highest BCUT2D eigenvalue weighted by Gasteiger charge is 2.48. The van der Waals surface area contributed by atoms with E-state index in [1.165, 1.54) is 32.1 Å². The lowest BCUT2D eigenvalue weighted by Crippen LogP contribution is -2.55. The smallest absolute Gasteiger partial charge is 0.122 e. The van der Waals surface area contributed by atoms with Crippen molar-refractivity contribution >= 4 is 0 Å². The standard InChI is InChI=1S/C18H28N2O/c1-20(2)16(17-4-3-5-21-17)11-19-18-14-7-12-6-13(9-14)10-15(18)8-12/h3-5,12-16,18-19H,6-11H2,1-2H3. The summed E-state index contributed by atoms with van der Waals surface area (Å²) < 4.78 is 5.63. The maximum atomic E-state index is 5.63. The van der Waals surface area contributed by atoms with E-state index in [4.69, 9.17) is 4.42 Å². The number of rotatable bonds is 5. The average Bonchev–Trinajstić information content (AvgIpc) is 2.94. The van der Waals surface area contributed by atoms with Crippen LogP contribution < -0.4 is 5.32 Å². The molecule has 21 heavy (non-hydrogen) atoms. The molecule has 1 heterocycles. The second kappa shape index (κ2) is 5.44. The van der Waals surface area contributed by atoms with Crippen LogP contribution in [0.3, 0.4) is 0 Å². The largest absolute Gasteiger partial charge is 0.468 e. The molecule has 0 saturated heterocycles. The third kappa shape index (κ3) is 2.55. The van der Waals surface area contributed by atoms with Gasteiger partial charge in [-0.2, -0.15) is 0 Å². The Hall–Kier alpha value is -0.800. The summed E-state index contributed by atoms with van der Waals surface area (Å²) in [5, 5.41) is 3.93. The zero-order chi connectivity index (χ0) is 14.4. The SMILES string of the molecule is CN(C)C(CNC1C2CC3CC(C2)CC1C3)c1ccco1. The van der Waals surface area contributed by atoms with E-state index in [1.807, 2.05) is 6.07 Å². The molecule has 0 spiro atoms. The fourth-order valence-corrected chi connectivity index (χ4v) is 5.52. The average molecular weight is 288 g/mol. The number of likely N-dealkylation sites (N-methyl/N-ethyl adjacent to an activating group) is 1. The van der Waals surface area contributed by atoms with E-state index >= 15 is 0 Å². The normalized spacial score (nSPS) is 39.1. The van der Waals surface area contributed by atoms with E-state index in [2.05, 4.69) is 30.4 Å². The van der Waals surface area contributed by atoms with E-state index in [1.54, 1.807) is 6.26 Å². The van der Waals surface area contributed by atoms with Crippen LogP contribution in [0.4, 0.5) is 0 Å². The van der Waals surface area contributed by atoms with E-state index in [0.717, 1.165) is 42.0 Å². The van der Waals surface area contributed by atoms with Gasteiger partial charge in [-0.05, 0) is 82.0 Å². The molecule has 1 N–H and O–H groups in total. The highest BCUT2D eigenvalue weighted by Crippen LogP contribution is 2.53. The van der Waals surface area contributed by atoms with Crippen molar-refractivity contribution < 1.29 is 4.42 Å². The summed E-state index contributed by atoms with van der Waals surface area (Å²) in [4.78, 5) is 2.27. The van der Waals surface area contributed by atoms with Crippen molar-refractivity contribution in [1.29, 1.82) is 0 Å². The minimum Gasteiger partial charge on any atom is -0.468 e. The lowest BCUT2D eigenvalue weighted by Gasteiger charge is -2.54. The van der Waals surface area contributed by atoms with Gasteiger partial charge in [0.1, 0.15) is 5.76 Å². The van der Waals surface area contributed by atoms with Gasteiger partial charge in [-0.3, -0.25) is 4.90 Å². The molecule has 3 heteroatoms. The van der Waals surface area contributed by atoms with Crippen molar-refractivity contribution in [2.45, 2.75) is 44.2 Å². The molecular formula is C18H28N2O. The van der Waals surface area contributed by atoms with Crippen molar-refractivity contribution in [3.63, 3.8) is 0 Å². The Balaban J connectivity index is 1.42. The van der Waals surface area contributed by atoms with Crippen LogP contribution in [0.1, 0.15) is 43.9 Å². The lowest BCUT2D eigenvalue weighted by molar-refractivity contribution is -0.0156. The molecule has 116 valence electrons. The number of hydrogen-bond acceptors (Lipinski definition) is 3. The molecule has 0 aromatic carbocycles. The first-order chi connectivity index (χ1) is 10.2. The number of nitrogens with one attached hydrogen (secondary N) is 1. The summed E-state index contributed by atoms with van der Waals surface area (Å²) in [5.74, 6) is 5.08. The summed E-state index contributed by atoms with van der Waals surface area (Å²) >= 11 is 0. The van der Waals surface area contributed by atoms with Crippen LogP contribution in [0.15, 0.2) is 22.8 Å². The molecule has 0 aliphatic heterocycles. The van der Waals surface area contributed by atoms with E-state index < -0.39 is 0 Å². The molecule has 4 saturated carbocycles. The Labute approximate surface area is 128 Å². The first-order valence-electron chi connectivity index (χ1n) is 8.64. The van der Waals surface area contributed by atoms with E-state index in [-0.39, 0.29) is 0 Å². The van der Waals surface area contributed by atoms with Gasteiger partial charge in [0.15, 0.2) is 0 Å². The summed E-state index contributed by atoms with van der Waals surface area (Å²) in [6, 6.07) is 5.20. The van der Waals surface area contributed by atoms with Crippen LogP contribution in [0, 0.1) is 23.7 Å². The second-order valence-corrected chi connectivity index (χ2v) is 7.86. The molecule has 4 aliphatic carbocycles. The molecule has 0 radical (unpaired) electrons. The van der Waals surface area contributed by atoms with Crippen LogP contribution in [-0.2, 0) is 0 Å². The molecule has 1 atom stereocenters. The van der Waals surface area contributed by atoms with Crippen molar-refractivity contribution in [2.75, 3.05) is 20.6 Å². The number of furan rings is 1. The van der Waals surface area contributed by atoms with E-state index in [9.17, 15) is 0 Å². The first kappa shape index (κ1) is 13.8. The van der Waals surface area contributed by atoms with Crippen LogP contribution >= 0.6 is 0 Å². The van der Waals surface area contributed by atoms with Gasteiger partial charge in [0.05, 0.1) is 12.3 Å². The molecular weight excluding hydrogens is 260 g/mol. The van der Waals surface area contributed by atoms with Crippen molar-refractivity contribution in [3.05, 3.63) is 24.2 Å². The molecule has 1 unspecified atom stereocenters. The Morgan fingerprint density at radius 3 is 2.33 bits per heavy atom. The fraction of sp³-hybridized carbons (Fsp3) is 0.778. The molecule has 3 nitrogen and oxygen atoms in total. The highest BCUT2D eigenvalue weighted by atomic mass is 16.3. The number of nitrogens with zero attached hydrogens (tertiary/aromatic N) is 1. The Bertz CT molecular complexity index is 440. The third-order valence-electron chi connectivity index (χ3n) is 6.27. The Morgan fingerprint density at radius 1 is 1.14 bits per heavy atom. The molecule has 4 fully saturated rings. The molecule has 4 bridgehead atoms. The third-order valence-corrected chi connectivity index (χ3v) is 6.27. The monoisotopic (exact) mass is 288 g/mol. The Kier molecular flexibility index (Phi) is 3.58. The van der Waals surface area contributed by atoms with Crippen molar-refractivity contribution in [2.24, 2.45) is 23.7 Å². The molecule has 1 aromatic rings. The van der Waals surface area contributed by atoms with Gasteiger partial charge >= 0.3 is 0 Å². The molecule has 4 aliphatic rings. The maximum absolute atomic E-state index is 5.63. The van der Waals surface area contributed by atoms with Gasteiger partial charge in [-0.15, -0.1) is 0 Å². The van der Waals surface area contributed by atoms with Crippen molar-refractivity contribution in [1.82, 2.24) is 10.2 Å². The van der Waals surface area contributed by atoms with Gasteiger partial charge in [-0.25, -0.2) is 0 Å². The van der Waals surface area contributed by atoms with Gasteiger partial charge in [0.2, 0.25) is 0 Å². The van der Waals surface area contributed by atoms with Gasteiger partial charge in [-0.1, -0.05) is 0 Å². The van der Waals surface area contributed by atoms with Gasteiger partial charge in [0, 0.05) is 12.6 Å². The summed E-state index contributed by atoms with van der Waals surface area (Å²) in [6.45, 7) is 1.01. The quantitative estimate of drug-likeness (QED) is 0.901. The number of hydrogen-bond donors (Lipinski definition) is 1. The predicted molar refractivity (Wildman–Crippen MR) is 84.0 cm³/mol. The summed E-state index contributed by atoms with van der Waals surface area (Å²) in [7, 11) is 4.29. The fourth-order valence-electron chi connectivity index (χ4n) is 5.52. The van der Waals surface area contributed by atoms with Crippen LogP contribution in [0.25, 0.3) is 0 Å². The first-order valence-corrected chi connectivity index (χ1v) is 8.64. The van der Waals surface area contributed by atoms with Gasteiger partial charge in [0.25, 0.3) is 0 Å². The Morgan fingerprint density at radius 2 is 1.81 bits per heavy atom. The lowest BCUT2D eigenvalue weighted by atomic mass is 9.54. The topological polar surface area (TPSA) is 28.4 Å². The van der Waals surface area contributed by atoms with Crippen LogP contribution in [0.5, 0.6) is 0 Å². The van der Waals surface area contributed by atoms with Gasteiger partial charge < -0.3 is 9.73 Å². The molecule has 0 amide bonds. The zero-order valence-electron chi connectivity index (χ0n) is 13.3. The minimum atomic E-state index is 0.345. The zero-order valence-corrected chi connectivity index (χ0v) is 13.3. The highest BCUT2D eigenvalue weighted by molar-refractivity contribution is 5.06. The summed E-state index contributed by atoms with van der Waals surface area (Å²) in [5.41, 5.74) is 0. The maximum Gasteiger partial charge on any atom is 0.122 e. The van der Waals surface area contributed by atoms with E-state index in [0.29, 0.717) is 6.04 Å². The van der Waals surface area contributed by atoms with Crippen molar-refractivity contribution in [3.8, 4) is 0 Å². The predicted octanol–water partition coefficient (Wildman–Crippen LogP) is 3.30. The second-order valence-electron chi connectivity index (χ2n) is 7.86. The van der Waals surface area contributed by atoms with Crippen LogP contribution in [0.2, 0.25) is 0 Å². The summed E-state index contributed by atoms with van der Waals surface area (Å²) in [6.07, 6.45) is 9.26. The van der Waals surface area contributed by atoms with Crippen LogP contribution in [-0.4, -0.2) is 31.6 Å². The minimum absolute atomic E-state index is 0.345. The molecule has 1 aromatic heterocycles. The molecule has 5 rings (SSSR count).